The molecule has 0 saturated carbocycles. The van der Waals surface area contributed by atoms with Crippen LogP contribution in [0, 0.1) is 17.7 Å². The number of hydrogen-bond donors (Lipinski definition) is 2. The van der Waals surface area contributed by atoms with Crippen molar-refractivity contribution in [1.29, 1.82) is 0 Å². The Morgan fingerprint density at radius 1 is 1.12 bits per heavy atom. The van der Waals surface area contributed by atoms with Crippen molar-refractivity contribution >= 4 is 28.3 Å². The SMILES string of the molecule is CC(C)Cc1nnc(NC(=O)[C@H](NC(=O)c2ccc(F)cc2)C(C)C)s1. The van der Waals surface area contributed by atoms with E-state index in [1.165, 1.54) is 35.6 Å². The molecule has 2 rings (SSSR count). The van der Waals surface area contributed by atoms with E-state index in [1.807, 2.05) is 13.8 Å². The average molecular weight is 378 g/mol. The number of aromatic nitrogens is 2. The molecule has 1 heterocycles. The molecule has 0 aliphatic rings. The zero-order valence-electron chi connectivity index (χ0n) is 15.2. The van der Waals surface area contributed by atoms with Gasteiger partial charge in [-0.25, -0.2) is 4.39 Å². The van der Waals surface area contributed by atoms with Crippen molar-refractivity contribution in [2.24, 2.45) is 11.8 Å². The van der Waals surface area contributed by atoms with Crippen LogP contribution in [0.25, 0.3) is 0 Å². The van der Waals surface area contributed by atoms with Gasteiger partial charge in [0, 0.05) is 12.0 Å². The van der Waals surface area contributed by atoms with Crippen LogP contribution in [0.1, 0.15) is 43.1 Å². The molecule has 1 aromatic carbocycles. The lowest BCUT2D eigenvalue weighted by Gasteiger charge is -2.21. The molecule has 0 fully saturated rings. The first-order valence-corrected chi connectivity index (χ1v) is 9.27. The third-order valence-electron chi connectivity index (χ3n) is 3.62. The highest BCUT2D eigenvalue weighted by molar-refractivity contribution is 7.15. The standard InChI is InChI=1S/C18H23FN4O2S/c1-10(2)9-14-22-23-18(26-14)21-17(25)15(11(3)4)20-16(24)12-5-7-13(19)8-6-12/h5-8,10-11,15H,9H2,1-4H3,(H,20,24)(H,21,23,25)/t15-/m1/s1. The normalized spacial score (nSPS) is 12.3. The monoisotopic (exact) mass is 378 g/mol. The van der Waals surface area contributed by atoms with Crippen molar-refractivity contribution in [3.05, 3.63) is 40.7 Å². The molecular formula is C18H23FN4O2S. The molecule has 1 atom stereocenters. The average Bonchev–Trinajstić information content (AvgIpc) is 2.98. The van der Waals surface area contributed by atoms with Crippen molar-refractivity contribution < 1.29 is 14.0 Å². The van der Waals surface area contributed by atoms with Gasteiger partial charge in [0.25, 0.3) is 5.91 Å². The molecule has 1 aromatic heterocycles. The predicted molar refractivity (Wildman–Crippen MR) is 99.6 cm³/mol. The Hall–Kier alpha value is -2.35. The second-order valence-corrected chi connectivity index (χ2v) is 7.85. The van der Waals surface area contributed by atoms with Crippen molar-refractivity contribution in [3.8, 4) is 0 Å². The highest BCUT2D eigenvalue weighted by atomic mass is 32.1. The molecule has 0 unspecified atom stereocenters. The summed E-state index contributed by atoms with van der Waals surface area (Å²) in [7, 11) is 0. The Morgan fingerprint density at radius 2 is 1.77 bits per heavy atom. The second-order valence-electron chi connectivity index (χ2n) is 6.79. The first kappa shape index (κ1) is 20.0. The molecule has 2 aromatic rings. The number of carbonyl (C=O) groups excluding carboxylic acids is 2. The second kappa shape index (κ2) is 8.84. The lowest BCUT2D eigenvalue weighted by Crippen LogP contribution is -2.47. The van der Waals surface area contributed by atoms with Crippen LogP contribution >= 0.6 is 11.3 Å². The third-order valence-corrected chi connectivity index (χ3v) is 4.48. The van der Waals surface area contributed by atoms with Gasteiger partial charge in [-0.05, 0) is 36.1 Å². The summed E-state index contributed by atoms with van der Waals surface area (Å²) in [6.45, 7) is 7.83. The van der Waals surface area contributed by atoms with E-state index < -0.39 is 17.8 Å². The van der Waals surface area contributed by atoms with Crippen molar-refractivity contribution in [3.63, 3.8) is 0 Å². The molecule has 140 valence electrons. The van der Waals surface area contributed by atoms with Crippen LogP contribution in [0.15, 0.2) is 24.3 Å². The Balaban J connectivity index is 2.03. The number of amides is 2. The zero-order valence-corrected chi connectivity index (χ0v) is 16.1. The number of halogens is 1. The van der Waals surface area contributed by atoms with Gasteiger partial charge in [0.2, 0.25) is 11.0 Å². The number of nitrogens with zero attached hydrogens (tertiary/aromatic N) is 2. The molecule has 26 heavy (non-hydrogen) atoms. The Labute approximate surface area is 156 Å². The largest absolute Gasteiger partial charge is 0.340 e. The van der Waals surface area contributed by atoms with E-state index in [9.17, 15) is 14.0 Å². The minimum absolute atomic E-state index is 0.137. The summed E-state index contributed by atoms with van der Waals surface area (Å²) >= 11 is 1.33. The number of anilines is 1. The molecule has 0 bridgehead atoms. The quantitative estimate of drug-likeness (QED) is 0.774. The molecule has 0 radical (unpaired) electrons. The van der Waals surface area contributed by atoms with Crippen LogP contribution in [0.2, 0.25) is 0 Å². The summed E-state index contributed by atoms with van der Waals surface area (Å²) < 4.78 is 13.0. The summed E-state index contributed by atoms with van der Waals surface area (Å²) in [5.41, 5.74) is 0.292. The van der Waals surface area contributed by atoms with Gasteiger partial charge in [-0.2, -0.15) is 0 Å². The number of nitrogens with one attached hydrogen (secondary N) is 2. The smallest absolute Gasteiger partial charge is 0.251 e. The first-order valence-electron chi connectivity index (χ1n) is 8.46. The van der Waals surface area contributed by atoms with Gasteiger partial charge in [-0.1, -0.05) is 39.0 Å². The fourth-order valence-electron chi connectivity index (χ4n) is 2.28. The highest BCUT2D eigenvalue weighted by Gasteiger charge is 2.25. The van der Waals surface area contributed by atoms with Crippen LogP contribution in [0.5, 0.6) is 0 Å². The predicted octanol–water partition coefficient (Wildman–Crippen LogP) is 3.27. The summed E-state index contributed by atoms with van der Waals surface area (Å²) in [6.07, 6.45) is 0.794. The van der Waals surface area contributed by atoms with Crippen LogP contribution in [-0.2, 0) is 11.2 Å². The van der Waals surface area contributed by atoms with Gasteiger partial charge in [0.15, 0.2) is 0 Å². The number of benzene rings is 1. The van der Waals surface area contributed by atoms with Crippen molar-refractivity contribution in [1.82, 2.24) is 15.5 Å². The van der Waals surface area contributed by atoms with Crippen LogP contribution in [-0.4, -0.2) is 28.1 Å². The lowest BCUT2D eigenvalue weighted by atomic mass is 10.0. The Morgan fingerprint density at radius 3 is 2.35 bits per heavy atom. The maximum absolute atomic E-state index is 13.0. The van der Waals surface area contributed by atoms with Gasteiger partial charge < -0.3 is 5.32 Å². The van der Waals surface area contributed by atoms with E-state index in [4.69, 9.17) is 0 Å². The third kappa shape index (κ3) is 5.59. The summed E-state index contributed by atoms with van der Waals surface area (Å²) in [5, 5.41) is 14.7. The minimum atomic E-state index is -0.745. The maximum atomic E-state index is 13.0. The molecular weight excluding hydrogens is 355 g/mol. The van der Waals surface area contributed by atoms with Gasteiger partial charge in [0.1, 0.15) is 16.9 Å². The molecule has 0 saturated heterocycles. The molecule has 8 heteroatoms. The fourth-order valence-corrected chi connectivity index (χ4v) is 3.23. The minimum Gasteiger partial charge on any atom is -0.340 e. The topological polar surface area (TPSA) is 84.0 Å². The number of hydrogen-bond acceptors (Lipinski definition) is 5. The van der Waals surface area contributed by atoms with E-state index in [2.05, 4.69) is 34.7 Å². The zero-order chi connectivity index (χ0) is 19.3. The molecule has 0 spiro atoms. The van der Waals surface area contributed by atoms with Gasteiger partial charge in [-0.3, -0.25) is 14.9 Å². The molecule has 0 aliphatic carbocycles. The number of carbonyl (C=O) groups is 2. The Kier molecular flexibility index (Phi) is 6.79. The highest BCUT2D eigenvalue weighted by Crippen LogP contribution is 2.19. The summed E-state index contributed by atoms with van der Waals surface area (Å²) in [4.78, 5) is 24.9. The molecule has 6 nitrogen and oxygen atoms in total. The molecule has 2 amide bonds. The van der Waals surface area contributed by atoms with E-state index in [-0.39, 0.29) is 11.8 Å². The van der Waals surface area contributed by atoms with Crippen LogP contribution in [0.4, 0.5) is 9.52 Å². The maximum Gasteiger partial charge on any atom is 0.251 e. The van der Waals surface area contributed by atoms with E-state index in [1.54, 1.807) is 0 Å². The first-order chi connectivity index (χ1) is 12.3. The van der Waals surface area contributed by atoms with Crippen LogP contribution in [0.3, 0.4) is 0 Å². The fraction of sp³-hybridized carbons (Fsp3) is 0.444. The molecule has 2 N–H and O–H groups in total. The van der Waals surface area contributed by atoms with Crippen LogP contribution < -0.4 is 10.6 Å². The van der Waals surface area contributed by atoms with Gasteiger partial charge in [-0.15, -0.1) is 10.2 Å². The van der Waals surface area contributed by atoms with Crippen molar-refractivity contribution in [2.75, 3.05) is 5.32 Å². The number of rotatable bonds is 7. The van der Waals surface area contributed by atoms with E-state index in [0.29, 0.717) is 16.6 Å². The van der Waals surface area contributed by atoms with Crippen molar-refractivity contribution in [2.45, 2.75) is 40.2 Å². The van der Waals surface area contributed by atoms with E-state index in [0.717, 1.165) is 11.4 Å². The Bertz CT molecular complexity index is 759. The summed E-state index contributed by atoms with van der Waals surface area (Å²) in [6, 6.07) is 4.42. The summed E-state index contributed by atoms with van der Waals surface area (Å²) in [5.74, 6) is -0.903. The van der Waals surface area contributed by atoms with Gasteiger partial charge >= 0.3 is 0 Å². The van der Waals surface area contributed by atoms with Gasteiger partial charge in [0.05, 0.1) is 0 Å². The van der Waals surface area contributed by atoms with E-state index >= 15 is 0 Å². The lowest BCUT2D eigenvalue weighted by molar-refractivity contribution is -0.118. The molecule has 0 aliphatic heterocycles.